The van der Waals surface area contributed by atoms with E-state index in [1.807, 2.05) is 6.92 Å². The quantitative estimate of drug-likeness (QED) is 0.677. The van der Waals surface area contributed by atoms with Gasteiger partial charge in [-0.1, -0.05) is 22.9 Å². The average Bonchev–Trinajstić information content (AvgIpc) is 3.12. The molecule has 162 valence electrons. The highest BCUT2D eigenvalue weighted by molar-refractivity contribution is 8.00. The molecule has 3 rings (SSSR count). The summed E-state index contributed by atoms with van der Waals surface area (Å²) in [4.78, 5) is 26.2. The van der Waals surface area contributed by atoms with Gasteiger partial charge in [-0.05, 0) is 26.0 Å². The van der Waals surface area contributed by atoms with Crippen LogP contribution in [0.25, 0.3) is 0 Å². The zero-order chi connectivity index (χ0) is 21.7. The lowest BCUT2D eigenvalue weighted by Crippen LogP contribution is -2.51. The lowest BCUT2D eigenvalue weighted by Gasteiger charge is -2.34. The van der Waals surface area contributed by atoms with Gasteiger partial charge in [-0.25, -0.2) is 8.42 Å². The van der Waals surface area contributed by atoms with E-state index in [2.05, 4.69) is 10.5 Å². The van der Waals surface area contributed by atoms with Crippen LogP contribution in [0.2, 0.25) is 0 Å². The van der Waals surface area contributed by atoms with Gasteiger partial charge in [-0.3, -0.25) is 9.59 Å². The summed E-state index contributed by atoms with van der Waals surface area (Å²) in [6.45, 7) is 4.78. The molecule has 1 aliphatic rings. The Labute approximate surface area is 179 Å². The SMILES string of the molecule is Cc1ccc(S(=O)(=O)N2CCN(C(=O)CSCC(=O)Nc3cc(C)on3)CC2)cc1. The van der Waals surface area contributed by atoms with Crippen molar-refractivity contribution in [1.29, 1.82) is 0 Å². The number of nitrogens with one attached hydrogen (secondary N) is 1. The molecule has 1 aromatic heterocycles. The molecule has 30 heavy (non-hydrogen) atoms. The summed E-state index contributed by atoms with van der Waals surface area (Å²) >= 11 is 1.20. The van der Waals surface area contributed by atoms with E-state index in [4.69, 9.17) is 4.52 Å². The summed E-state index contributed by atoms with van der Waals surface area (Å²) in [5.41, 5.74) is 0.992. The summed E-state index contributed by atoms with van der Waals surface area (Å²) in [6.07, 6.45) is 0. The predicted molar refractivity (Wildman–Crippen MR) is 114 cm³/mol. The molecule has 11 heteroatoms. The van der Waals surface area contributed by atoms with Gasteiger partial charge in [0.15, 0.2) is 5.82 Å². The van der Waals surface area contributed by atoms with E-state index in [0.717, 1.165) is 5.56 Å². The number of carbonyl (C=O) groups is 2. The number of hydrogen-bond donors (Lipinski definition) is 1. The van der Waals surface area contributed by atoms with Crippen molar-refractivity contribution in [2.45, 2.75) is 18.7 Å². The van der Waals surface area contributed by atoms with E-state index < -0.39 is 10.0 Å². The van der Waals surface area contributed by atoms with Crippen LogP contribution in [0, 0.1) is 13.8 Å². The molecule has 0 atom stereocenters. The molecule has 0 spiro atoms. The zero-order valence-corrected chi connectivity index (χ0v) is 18.5. The normalized spacial score (nSPS) is 15.2. The van der Waals surface area contributed by atoms with E-state index in [0.29, 0.717) is 24.7 Å². The number of aryl methyl sites for hydroxylation is 2. The molecule has 0 radical (unpaired) electrons. The van der Waals surface area contributed by atoms with Gasteiger partial charge in [0, 0.05) is 32.2 Å². The number of aromatic nitrogens is 1. The molecule has 1 aromatic carbocycles. The fourth-order valence-corrected chi connectivity index (χ4v) is 5.10. The molecule has 0 saturated carbocycles. The minimum absolute atomic E-state index is 0.111. The van der Waals surface area contributed by atoms with Gasteiger partial charge in [0.05, 0.1) is 16.4 Å². The van der Waals surface area contributed by atoms with Crippen molar-refractivity contribution in [3.05, 3.63) is 41.7 Å². The number of anilines is 1. The molecule has 0 unspecified atom stereocenters. The van der Waals surface area contributed by atoms with E-state index in [1.165, 1.54) is 16.1 Å². The highest BCUT2D eigenvalue weighted by Crippen LogP contribution is 2.18. The van der Waals surface area contributed by atoms with E-state index in [1.54, 1.807) is 42.2 Å². The Morgan fingerprint density at radius 3 is 2.37 bits per heavy atom. The monoisotopic (exact) mass is 452 g/mol. The maximum atomic E-state index is 12.7. The molecule has 0 bridgehead atoms. The molecule has 1 fully saturated rings. The zero-order valence-electron chi connectivity index (χ0n) is 16.8. The molecule has 2 amide bonds. The largest absolute Gasteiger partial charge is 0.360 e. The Balaban J connectivity index is 1.42. The summed E-state index contributed by atoms with van der Waals surface area (Å²) in [5, 5.41) is 6.27. The highest BCUT2D eigenvalue weighted by Gasteiger charge is 2.30. The second-order valence-electron chi connectivity index (χ2n) is 6.96. The first kappa shape index (κ1) is 22.3. The lowest BCUT2D eigenvalue weighted by molar-refractivity contribution is -0.129. The van der Waals surface area contributed by atoms with Gasteiger partial charge >= 0.3 is 0 Å². The van der Waals surface area contributed by atoms with Gasteiger partial charge in [0.25, 0.3) is 0 Å². The number of amides is 2. The Morgan fingerprint density at radius 1 is 1.10 bits per heavy atom. The van der Waals surface area contributed by atoms with Crippen molar-refractivity contribution < 1.29 is 22.5 Å². The highest BCUT2D eigenvalue weighted by atomic mass is 32.2. The molecule has 2 heterocycles. The number of rotatable bonds is 7. The summed E-state index contributed by atoms with van der Waals surface area (Å²) in [5.74, 6) is 0.814. The molecule has 1 saturated heterocycles. The Kier molecular flexibility index (Phi) is 7.16. The number of nitrogens with zero attached hydrogens (tertiary/aromatic N) is 3. The standard InChI is InChI=1S/C19H24N4O5S2/c1-14-3-5-16(6-4-14)30(26,27)23-9-7-22(8-10-23)19(25)13-29-12-18(24)20-17-11-15(2)28-21-17/h3-6,11H,7-10,12-13H2,1-2H3,(H,20,21,24). The van der Waals surface area contributed by atoms with Crippen molar-refractivity contribution >= 4 is 39.4 Å². The van der Waals surface area contributed by atoms with E-state index in [9.17, 15) is 18.0 Å². The van der Waals surface area contributed by atoms with Crippen LogP contribution in [-0.4, -0.2) is 72.3 Å². The third kappa shape index (κ3) is 5.61. The fourth-order valence-electron chi connectivity index (χ4n) is 2.96. The number of carbonyl (C=O) groups excluding carboxylic acids is 2. The molecule has 1 aliphatic heterocycles. The first-order valence-electron chi connectivity index (χ1n) is 9.41. The van der Waals surface area contributed by atoms with Crippen LogP contribution in [0.5, 0.6) is 0 Å². The Morgan fingerprint density at radius 2 is 1.77 bits per heavy atom. The topological polar surface area (TPSA) is 113 Å². The number of sulfonamides is 1. The fraction of sp³-hybridized carbons (Fsp3) is 0.421. The Bertz CT molecular complexity index is 996. The van der Waals surface area contributed by atoms with Crippen molar-refractivity contribution in [3.8, 4) is 0 Å². The van der Waals surface area contributed by atoms with Crippen LogP contribution in [0.3, 0.4) is 0 Å². The first-order valence-corrected chi connectivity index (χ1v) is 12.0. The number of hydrogen-bond acceptors (Lipinski definition) is 7. The van der Waals surface area contributed by atoms with Gasteiger partial charge in [-0.15, -0.1) is 11.8 Å². The maximum absolute atomic E-state index is 12.7. The third-order valence-electron chi connectivity index (χ3n) is 4.60. The van der Waals surface area contributed by atoms with Crippen molar-refractivity contribution in [2.24, 2.45) is 0 Å². The van der Waals surface area contributed by atoms with E-state index in [-0.39, 0.29) is 41.3 Å². The summed E-state index contributed by atoms with van der Waals surface area (Å²) in [7, 11) is -3.56. The molecular formula is C19H24N4O5S2. The Hall–Kier alpha value is -2.37. The van der Waals surface area contributed by atoms with Crippen LogP contribution in [-0.2, 0) is 19.6 Å². The first-order chi connectivity index (χ1) is 14.3. The number of thioether (sulfide) groups is 1. The van der Waals surface area contributed by atoms with Crippen molar-refractivity contribution in [2.75, 3.05) is 43.0 Å². The maximum Gasteiger partial charge on any atom is 0.243 e. The second-order valence-corrected chi connectivity index (χ2v) is 9.89. The van der Waals surface area contributed by atoms with Crippen LogP contribution in [0.1, 0.15) is 11.3 Å². The minimum Gasteiger partial charge on any atom is -0.360 e. The van der Waals surface area contributed by atoms with Crippen LogP contribution >= 0.6 is 11.8 Å². The van der Waals surface area contributed by atoms with Gasteiger partial charge in [0.1, 0.15) is 5.76 Å². The van der Waals surface area contributed by atoms with Crippen molar-refractivity contribution in [3.63, 3.8) is 0 Å². The summed E-state index contributed by atoms with van der Waals surface area (Å²) in [6, 6.07) is 8.35. The predicted octanol–water partition coefficient (Wildman–Crippen LogP) is 1.50. The minimum atomic E-state index is -3.56. The smallest absolute Gasteiger partial charge is 0.243 e. The summed E-state index contributed by atoms with van der Waals surface area (Å²) < 4.78 is 31.8. The second kappa shape index (κ2) is 9.63. The lowest BCUT2D eigenvalue weighted by atomic mass is 10.2. The number of benzene rings is 1. The van der Waals surface area contributed by atoms with Gasteiger partial charge < -0.3 is 14.7 Å². The molecule has 2 aromatic rings. The molecular weight excluding hydrogens is 428 g/mol. The van der Waals surface area contributed by atoms with Crippen LogP contribution < -0.4 is 5.32 Å². The molecule has 0 aliphatic carbocycles. The van der Waals surface area contributed by atoms with Gasteiger partial charge in [-0.2, -0.15) is 4.31 Å². The molecule has 1 N–H and O–H groups in total. The number of piperazine rings is 1. The van der Waals surface area contributed by atoms with Crippen LogP contribution in [0.15, 0.2) is 39.8 Å². The van der Waals surface area contributed by atoms with Gasteiger partial charge in [0.2, 0.25) is 21.8 Å². The van der Waals surface area contributed by atoms with Crippen LogP contribution in [0.4, 0.5) is 5.82 Å². The van der Waals surface area contributed by atoms with E-state index >= 15 is 0 Å². The third-order valence-corrected chi connectivity index (χ3v) is 7.43. The molecule has 9 nitrogen and oxygen atoms in total. The average molecular weight is 453 g/mol. The van der Waals surface area contributed by atoms with Crippen molar-refractivity contribution in [1.82, 2.24) is 14.4 Å².